The van der Waals surface area contributed by atoms with Crippen molar-refractivity contribution in [3.8, 4) is 0 Å². The molecule has 3 aromatic rings. The number of amides is 2. The lowest BCUT2D eigenvalue weighted by atomic mass is 9.77. The van der Waals surface area contributed by atoms with Crippen molar-refractivity contribution in [2.45, 2.75) is 11.7 Å². The van der Waals surface area contributed by atoms with Crippen molar-refractivity contribution in [3.63, 3.8) is 0 Å². The van der Waals surface area contributed by atoms with Gasteiger partial charge in [0.25, 0.3) is 0 Å². The zero-order chi connectivity index (χ0) is 23.8. The summed E-state index contributed by atoms with van der Waals surface area (Å²) in [7, 11) is 0. The summed E-state index contributed by atoms with van der Waals surface area (Å²) >= 11 is 6.09. The van der Waals surface area contributed by atoms with Crippen molar-refractivity contribution in [2.75, 3.05) is 4.90 Å². The number of halogens is 2. The number of rotatable bonds is 2. The Morgan fingerprint density at radius 2 is 1.47 bits per heavy atom. The van der Waals surface area contributed by atoms with E-state index in [9.17, 15) is 23.6 Å². The molecule has 6 nitrogen and oxygen atoms in total. The largest absolute Gasteiger partial charge is 0.349 e. The Morgan fingerprint density at radius 1 is 0.824 bits per heavy atom. The summed E-state index contributed by atoms with van der Waals surface area (Å²) in [6.45, 7) is 0. The summed E-state index contributed by atoms with van der Waals surface area (Å²) in [6.07, 6.45) is -1.10. The highest BCUT2D eigenvalue weighted by Crippen LogP contribution is 2.57. The second-order valence-electron chi connectivity index (χ2n) is 8.52. The summed E-state index contributed by atoms with van der Waals surface area (Å²) in [5.74, 6) is -5.65. The van der Waals surface area contributed by atoms with Gasteiger partial charge in [0.15, 0.2) is 0 Å². The zero-order valence-corrected chi connectivity index (χ0v) is 18.2. The number of nitrogens with zero attached hydrogens (tertiary/aromatic N) is 1. The van der Waals surface area contributed by atoms with Crippen molar-refractivity contribution in [3.05, 3.63) is 100 Å². The molecule has 2 heterocycles. The van der Waals surface area contributed by atoms with Gasteiger partial charge in [0.2, 0.25) is 29.0 Å². The van der Waals surface area contributed by atoms with Crippen molar-refractivity contribution in [1.29, 1.82) is 0 Å². The SMILES string of the molecule is O=C1[C@H]2[C@H](c3ccc(F)cc3)OC3(C(=O)c4ccccc4C3=O)[C@H]2C(=O)N1c1cccc(Cl)c1. The number of anilines is 1. The zero-order valence-electron chi connectivity index (χ0n) is 17.4. The molecule has 3 aromatic carbocycles. The van der Waals surface area contributed by atoms with Gasteiger partial charge in [0.05, 0.1) is 23.6 Å². The minimum Gasteiger partial charge on any atom is -0.349 e. The molecule has 0 aromatic heterocycles. The summed E-state index contributed by atoms with van der Waals surface area (Å²) < 4.78 is 19.8. The number of fused-ring (bicyclic) bond motifs is 3. The molecule has 0 N–H and O–H groups in total. The van der Waals surface area contributed by atoms with Crippen LogP contribution < -0.4 is 4.90 Å². The van der Waals surface area contributed by atoms with Gasteiger partial charge in [-0.25, -0.2) is 9.29 Å². The summed E-state index contributed by atoms with van der Waals surface area (Å²) in [5, 5.41) is 0.316. The van der Waals surface area contributed by atoms with Crippen LogP contribution >= 0.6 is 11.6 Å². The van der Waals surface area contributed by atoms with Crippen LogP contribution in [0.15, 0.2) is 72.8 Å². The number of hydrogen-bond acceptors (Lipinski definition) is 5. The fourth-order valence-electron chi connectivity index (χ4n) is 5.34. The lowest BCUT2D eigenvalue weighted by Gasteiger charge is -2.27. The van der Waals surface area contributed by atoms with Gasteiger partial charge in [-0.05, 0) is 35.9 Å². The molecule has 0 radical (unpaired) electrons. The topological polar surface area (TPSA) is 80.8 Å². The maximum Gasteiger partial charge on any atom is 0.241 e. The first-order chi connectivity index (χ1) is 16.3. The lowest BCUT2D eigenvalue weighted by molar-refractivity contribution is -0.127. The highest BCUT2D eigenvalue weighted by Gasteiger charge is 2.74. The van der Waals surface area contributed by atoms with Crippen LogP contribution in [0.4, 0.5) is 10.1 Å². The molecule has 3 aliphatic rings. The molecule has 168 valence electrons. The molecule has 6 rings (SSSR count). The second-order valence-corrected chi connectivity index (χ2v) is 8.96. The summed E-state index contributed by atoms with van der Waals surface area (Å²) in [6, 6.07) is 17.7. The number of ketones is 2. The van der Waals surface area contributed by atoms with E-state index in [2.05, 4.69) is 0 Å². The first-order valence-corrected chi connectivity index (χ1v) is 11.0. The van der Waals surface area contributed by atoms with E-state index in [-0.39, 0.29) is 16.8 Å². The molecule has 1 spiro atoms. The van der Waals surface area contributed by atoms with E-state index in [0.717, 1.165) is 4.90 Å². The third-order valence-corrected chi connectivity index (χ3v) is 7.02. The first kappa shape index (κ1) is 20.9. The highest BCUT2D eigenvalue weighted by molar-refractivity contribution is 6.37. The van der Waals surface area contributed by atoms with Crippen LogP contribution in [0.25, 0.3) is 0 Å². The number of benzene rings is 3. The van der Waals surface area contributed by atoms with Crippen molar-refractivity contribution >= 4 is 40.7 Å². The van der Waals surface area contributed by atoms with Gasteiger partial charge < -0.3 is 4.74 Å². The standard InChI is InChI=1S/C26H15ClFNO5/c27-14-4-3-5-16(12-14)29-24(32)19-20(25(29)33)26(34-21(19)13-8-10-15(28)11-9-13)22(30)17-6-1-2-7-18(17)23(26)31/h1-12,19-21H/t19-,20-,21+/m1/s1. The van der Waals surface area contributed by atoms with Crippen LogP contribution in [0.2, 0.25) is 5.02 Å². The molecule has 1 aliphatic carbocycles. The molecule has 0 bridgehead atoms. The molecular weight excluding hydrogens is 461 g/mol. The van der Waals surface area contributed by atoms with E-state index < -0.39 is 52.7 Å². The molecule has 8 heteroatoms. The molecule has 0 saturated carbocycles. The van der Waals surface area contributed by atoms with Gasteiger partial charge in [-0.15, -0.1) is 0 Å². The molecule has 2 saturated heterocycles. The van der Waals surface area contributed by atoms with Crippen LogP contribution in [-0.2, 0) is 14.3 Å². The van der Waals surface area contributed by atoms with Crippen molar-refractivity contribution < 1.29 is 28.3 Å². The average Bonchev–Trinajstić information content (AvgIpc) is 3.40. The predicted octanol–water partition coefficient (Wildman–Crippen LogP) is 4.17. The Morgan fingerprint density at radius 3 is 2.09 bits per heavy atom. The Hall–Kier alpha value is -3.68. The number of hydrogen-bond donors (Lipinski definition) is 0. The maximum atomic E-state index is 13.8. The minimum absolute atomic E-state index is 0.146. The number of imide groups is 1. The fourth-order valence-corrected chi connectivity index (χ4v) is 5.52. The minimum atomic E-state index is -2.17. The Labute approximate surface area is 197 Å². The smallest absolute Gasteiger partial charge is 0.241 e. The Kier molecular flexibility index (Phi) is 4.40. The Balaban J connectivity index is 1.55. The van der Waals surface area contributed by atoms with E-state index in [1.807, 2.05) is 0 Å². The van der Waals surface area contributed by atoms with Crippen LogP contribution in [0, 0.1) is 17.7 Å². The van der Waals surface area contributed by atoms with Crippen LogP contribution in [0.1, 0.15) is 32.4 Å². The van der Waals surface area contributed by atoms with Gasteiger partial charge in [-0.3, -0.25) is 19.2 Å². The molecule has 2 aliphatic heterocycles. The van der Waals surface area contributed by atoms with Crippen molar-refractivity contribution in [1.82, 2.24) is 0 Å². The van der Waals surface area contributed by atoms with Gasteiger partial charge in [0, 0.05) is 16.1 Å². The normalized spacial score (nSPS) is 24.8. The molecule has 34 heavy (non-hydrogen) atoms. The van der Waals surface area contributed by atoms with E-state index in [4.69, 9.17) is 16.3 Å². The second kappa shape index (κ2) is 7.16. The molecule has 2 amide bonds. The van der Waals surface area contributed by atoms with E-state index in [0.29, 0.717) is 10.6 Å². The summed E-state index contributed by atoms with van der Waals surface area (Å²) in [4.78, 5) is 55.7. The predicted molar refractivity (Wildman–Crippen MR) is 119 cm³/mol. The number of ether oxygens (including phenoxy) is 1. The van der Waals surface area contributed by atoms with E-state index in [1.54, 1.807) is 30.3 Å². The number of Topliss-reactive ketones (excluding diaryl/α,β-unsaturated/α-hetero) is 2. The molecule has 0 unspecified atom stereocenters. The lowest BCUT2D eigenvalue weighted by Crippen LogP contribution is -2.51. The van der Waals surface area contributed by atoms with Crippen LogP contribution in [0.3, 0.4) is 0 Å². The third kappa shape index (κ3) is 2.59. The maximum absolute atomic E-state index is 13.8. The van der Waals surface area contributed by atoms with Crippen LogP contribution in [-0.4, -0.2) is 29.0 Å². The monoisotopic (exact) mass is 475 g/mol. The number of carbonyl (C=O) groups excluding carboxylic acids is 4. The van der Waals surface area contributed by atoms with Gasteiger partial charge >= 0.3 is 0 Å². The first-order valence-electron chi connectivity index (χ1n) is 10.6. The summed E-state index contributed by atoms with van der Waals surface area (Å²) in [5.41, 5.74) is -1.26. The molecule has 3 atom stereocenters. The Bertz CT molecular complexity index is 1380. The molecule has 2 fully saturated rings. The van der Waals surface area contributed by atoms with E-state index >= 15 is 0 Å². The average molecular weight is 476 g/mol. The quantitative estimate of drug-likeness (QED) is 0.410. The third-order valence-electron chi connectivity index (χ3n) is 6.78. The van der Waals surface area contributed by atoms with Gasteiger partial charge in [-0.1, -0.05) is 54.1 Å². The van der Waals surface area contributed by atoms with Gasteiger partial charge in [0.1, 0.15) is 5.82 Å². The highest BCUT2D eigenvalue weighted by atomic mass is 35.5. The van der Waals surface area contributed by atoms with Crippen molar-refractivity contribution in [2.24, 2.45) is 11.8 Å². The molecular formula is C26H15ClFNO5. The van der Waals surface area contributed by atoms with Gasteiger partial charge in [-0.2, -0.15) is 0 Å². The number of carbonyl (C=O) groups is 4. The fraction of sp³-hybridized carbons (Fsp3) is 0.154. The van der Waals surface area contributed by atoms with E-state index in [1.165, 1.54) is 42.5 Å². The van der Waals surface area contributed by atoms with Crippen LogP contribution in [0.5, 0.6) is 0 Å².